The lowest BCUT2D eigenvalue weighted by molar-refractivity contribution is 0.0697. The van der Waals surface area contributed by atoms with Crippen LogP contribution in [-0.2, 0) is 4.74 Å². The summed E-state index contributed by atoms with van der Waals surface area (Å²) in [7, 11) is 0. The highest BCUT2D eigenvalue weighted by Gasteiger charge is 2.12. The second-order valence-electron chi connectivity index (χ2n) is 4.42. The molecule has 0 saturated heterocycles. The molecule has 0 unspecified atom stereocenters. The van der Waals surface area contributed by atoms with E-state index in [1.807, 2.05) is 37.3 Å². The fourth-order valence-electron chi connectivity index (χ4n) is 2.02. The summed E-state index contributed by atoms with van der Waals surface area (Å²) in [4.78, 5) is 11.3. The van der Waals surface area contributed by atoms with E-state index in [9.17, 15) is 9.90 Å². The van der Waals surface area contributed by atoms with E-state index in [4.69, 9.17) is 9.47 Å². The van der Waals surface area contributed by atoms with E-state index in [2.05, 4.69) is 0 Å². The number of carboxylic acids is 1. The Morgan fingerprint density at radius 3 is 2.52 bits per heavy atom. The minimum absolute atomic E-state index is 0.262. The van der Waals surface area contributed by atoms with E-state index >= 15 is 0 Å². The second kappa shape index (κ2) is 7.45. The van der Waals surface area contributed by atoms with Gasteiger partial charge < -0.3 is 14.6 Å². The number of aromatic carboxylic acids is 1. The number of carboxylic acid groups (broad SMARTS) is 1. The SMILES string of the molecule is CCOCCOc1ccc(C(=O)O)c(-c2ccccc2)c1. The Kier molecular flexibility index (Phi) is 5.35. The zero-order valence-corrected chi connectivity index (χ0v) is 11.9. The van der Waals surface area contributed by atoms with Gasteiger partial charge in [-0.2, -0.15) is 0 Å². The first-order valence-corrected chi connectivity index (χ1v) is 6.85. The highest BCUT2D eigenvalue weighted by molar-refractivity contribution is 5.96. The van der Waals surface area contributed by atoms with Crippen molar-refractivity contribution in [3.05, 3.63) is 54.1 Å². The molecular weight excluding hydrogens is 268 g/mol. The van der Waals surface area contributed by atoms with Crippen molar-refractivity contribution >= 4 is 5.97 Å². The molecule has 4 nitrogen and oxygen atoms in total. The maximum absolute atomic E-state index is 11.3. The smallest absolute Gasteiger partial charge is 0.336 e. The molecule has 1 N–H and O–H groups in total. The molecule has 0 aliphatic heterocycles. The summed E-state index contributed by atoms with van der Waals surface area (Å²) in [5, 5.41) is 9.30. The number of hydrogen-bond acceptors (Lipinski definition) is 3. The van der Waals surface area contributed by atoms with Crippen molar-refractivity contribution in [3.8, 4) is 16.9 Å². The molecular formula is C17H18O4. The van der Waals surface area contributed by atoms with Crippen LogP contribution in [0, 0.1) is 0 Å². The van der Waals surface area contributed by atoms with Gasteiger partial charge in [-0.05, 0) is 36.2 Å². The minimum atomic E-state index is -0.949. The molecule has 0 atom stereocenters. The Morgan fingerprint density at radius 1 is 1.10 bits per heavy atom. The van der Waals surface area contributed by atoms with Gasteiger partial charge in [0.05, 0.1) is 12.2 Å². The third kappa shape index (κ3) is 4.07. The number of hydrogen-bond donors (Lipinski definition) is 1. The highest BCUT2D eigenvalue weighted by Crippen LogP contribution is 2.28. The average Bonchev–Trinajstić information content (AvgIpc) is 2.52. The lowest BCUT2D eigenvalue weighted by atomic mass is 9.99. The Hall–Kier alpha value is -2.33. The molecule has 2 rings (SSSR count). The Labute approximate surface area is 123 Å². The van der Waals surface area contributed by atoms with Gasteiger partial charge in [-0.25, -0.2) is 4.79 Å². The van der Waals surface area contributed by atoms with Crippen molar-refractivity contribution in [1.82, 2.24) is 0 Å². The first-order valence-electron chi connectivity index (χ1n) is 6.85. The lowest BCUT2D eigenvalue weighted by Gasteiger charge is -2.11. The van der Waals surface area contributed by atoms with Crippen molar-refractivity contribution in [1.29, 1.82) is 0 Å². The van der Waals surface area contributed by atoms with Gasteiger partial charge in [0.1, 0.15) is 12.4 Å². The molecule has 0 bridgehead atoms. The summed E-state index contributed by atoms with van der Waals surface area (Å²) >= 11 is 0. The van der Waals surface area contributed by atoms with Crippen LogP contribution < -0.4 is 4.74 Å². The Bertz CT molecular complexity index is 593. The molecule has 110 valence electrons. The van der Waals surface area contributed by atoms with Crippen molar-refractivity contribution in [2.45, 2.75) is 6.92 Å². The van der Waals surface area contributed by atoms with E-state index in [0.717, 1.165) is 5.56 Å². The summed E-state index contributed by atoms with van der Waals surface area (Å²) in [6, 6.07) is 14.4. The predicted octanol–water partition coefficient (Wildman–Crippen LogP) is 3.47. The van der Waals surface area contributed by atoms with E-state index < -0.39 is 5.97 Å². The van der Waals surface area contributed by atoms with E-state index in [0.29, 0.717) is 31.1 Å². The average molecular weight is 286 g/mol. The zero-order valence-electron chi connectivity index (χ0n) is 11.9. The third-order valence-corrected chi connectivity index (χ3v) is 3.01. The quantitative estimate of drug-likeness (QED) is 0.792. The molecule has 0 radical (unpaired) electrons. The van der Waals surface area contributed by atoms with Crippen LogP contribution in [0.15, 0.2) is 48.5 Å². The fraction of sp³-hybridized carbons (Fsp3) is 0.235. The van der Waals surface area contributed by atoms with Crippen LogP contribution in [0.3, 0.4) is 0 Å². The molecule has 21 heavy (non-hydrogen) atoms. The van der Waals surface area contributed by atoms with E-state index in [-0.39, 0.29) is 5.56 Å². The number of carbonyl (C=O) groups is 1. The summed E-state index contributed by atoms with van der Waals surface area (Å²) in [6.07, 6.45) is 0. The Morgan fingerprint density at radius 2 is 1.86 bits per heavy atom. The topological polar surface area (TPSA) is 55.8 Å². The summed E-state index contributed by atoms with van der Waals surface area (Å²) in [6.45, 7) is 3.53. The highest BCUT2D eigenvalue weighted by atomic mass is 16.5. The molecule has 0 saturated carbocycles. The monoisotopic (exact) mass is 286 g/mol. The van der Waals surface area contributed by atoms with Crippen molar-refractivity contribution < 1.29 is 19.4 Å². The molecule has 4 heteroatoms. The van der Waals surface area contributed by atoms with Crippen LogP contribution >= 0.6 is 0 Å². The summed E-state index contributed by atoms with van der Waals surface area (Å²) < 4.78 is 10.8. The van der Waals surface area contributed by atoms with Crippen molar-refractivity contribution in [3.63, 3.8) is 0 Å². The van der Waals surface area contributed by atoms with E-state index in [1.54, 1.807) is 18.2 Å². The van der Waals surface area contributed by atoms with Crippen molar-refractivity contribution in [2.75, 3.05) is 19.8 Å². The molecule has 0 fully saturated rings. The van der Waals surface area contributed by atoms with Crippen LogP contribution in [0.4, 0.5) is 0 Å². The van der Waals surface area contributed by atoms with Gasteiger partial charge in [-0.1, -0.05) is 30.3 Å². The van der Waals surface area contributed by atoms with Gasteiger partial charge >= 0.3 is 5.97 Å². The minimum Gasteiger partial charge on any atom is -0.491 e. The van der Waals surface area contributed by atoms with Gasteiger partial charge in [-0.15, -0.1) is 0 Å². The summed E-state index contributed by atoms with van der Waals surface area (Å²) in [5.74, 6) is -0.312. The van der Waals surface area contributed by atoms with Crippen LogP contribution in [0.5, 0.6) is 5.75 Å². The third-order valence-electron chi connectivity index (χ3n) is 3.01. The van der Waals surface area contributed by atoms with Gasteiger partial charge in [-0.3, -0.25) is 0 Å². The normalized spacial score (nSPS) is 10.3. The maximum atomic E-state index is 11.3. The largest absolute Gasteiger partial charge is 0.491 e. The van der Waals surface area contributed by atoms with Crippen molar-refractivity contribution in [2.24, 2.45) is 0 Å². The van der Waals surface area contributed by atoms with Crippen LogP contribution in [-0.4, -0.2) is 30.9 Å². The van der Waals surface area contributed by atoms with E-state index in [1.165, 1.54) is 0 Å². The van der Waals surface area contributed by atoms with Gasteiger partial charge in [0.25, 0.3) is 0 Å². The van der Waals surface area contributed by atoms with Gasteiger partial charge in [0.15, 0.2) is 0 Å². The molecule has 0 heterocycles. The Balaban J connectivity index is 2.25. The first kappa shape index (κ1) is 15.1. The number of ether oxygens (including phenoxy) is 2. The van der Waals surface area contributed by atoms with Crippen LogP contribution in [0.2, 0.25) is 0 Å². The molecule has 2 aromatic carbocycles. The molecule has 0 aliphatic carbocycles. The first-order chi connectivity index (χ1) is 10.2. The molecule has 0 aliphatic rings. The molecule has 0 spiro atoms. The lowest BCUT2D eigenvalue weighted by Crippen LogP contribution is -2.07. The standard InChI is InChI=1S/C17H18O4/c1-2-20-10-11-21-14-8-9-15(17(18)19)16(12-14)13-6-4-3-5-7-13/h3-9,12H,2,10-11H2,1H3,(H,18,19). The predicted molar refractivity (Wildman–Crippen MR) is 80.8 cm³/mol. The zero-order chi connectivity index (χ0) is 15.1. The number of rotatable bonds is 7. The summed E-state index contributed by atoms with van der Waals surface area (Å²) in [5.41, 5.74) is 1.76. The van der Waals surface area contributed by atoms with Crippen LogP contribution in [0.1, 0.15) is 17.3 Å². The molecule has 2 aromatic rings. The number of benzene rings is 2. The maximum Gasteiger partial charge on any atom is 0.336 e. The molecule has 0 aromatic heterocycles. The van der Waals surface area contributed by atoms with Gasteiger partial charge in [0.2, 0.25) is 0 Å². The van der Waals surface area contributed by atoms with Gasteiger partial charge in [0, 0.05) is 6.61 Å². The van der Waals surface area contributed by atoms with Crippen LogP contribution in [0.25, 0.3) is 11.1 Å². The second-order valence-corrected chi connectivity index (χ2v) is 4.42. The molecule has 0 amide bonds. The fourth-order valence-corrected chi connectivity index (χ4v) is 2.02.